The zero-order chi connectivity index (χ0) is 21.1. The number of aryl methyl sites for hydroxylation is 3. The Balaban J connectivity index is 1.39. The Morgan fingerprint density at radius 2 is 1.97 bits per heavy atom. The molecule has 2 aromatic heterocycles. The lowest BCUT2D eigenvalue weighted by Crippen LogP contribution is -2.25. The lowest BCUT2D eigenvalue weighted by molar-refractivity contribution is -0.121. The molecule has 0 bridgehead atoms. The summed E-state index contributed by atoms with van der Waals surface area (Å²) in [6, 6.07) is 8.15. The van der Waals surface area contributed by atoms with Crippen molar-refractivity contribution in [2.75, 3.05) is 14.1 Å². The number of rotatable bonds is 7. The van der Waals surface area contributed by atoms with Crippen LogP contribution in [0.5, 0.6) is 0 Å². The molecular weight excluding hydrogens is 396 g/mol. The van der Waals surface area contributed by atoms with Gasteiger partial charge in [-0.1, -0.05) is 24.3 Å². The first-order valence-electron chi connectivity index (χ1n) is 10.5. The van der Waals surface area contributed by atoms with Gasteiger partial charge in [-0.25, -0.2) is 4.98 Å². The topological polar surface area (TPSA) is 78.1 Å². The summed E-state index contributed by atoms with van der Waals surface area (Å²) in [6.07, 6.45) is 5.06. The predicted molar refractivity (Wildman–Crippen MR) is 121 cm³/mol. The minimum atomic E-state index is -0.0626. The molecule has 1 aliphatic rings. The van der Waals surface area contributed by atoms with Crippen LogP contribution in [0, 0.1) is 0 Å². The molecule has 0 fully saturated rings. The van der Waals surface area contributed by atoms with Crippen molar-refractivity contribution < 1.29 is 4.79 Å². The maximum atomic E-state index is 12.6. The van der Waals surface area contributed by atoms with Gasteiger partial charge in [0.25, 0.3) is 5.56 Å². The normalized spacial score (nSPS) is 13.6. The van der Waals surface area contributed by atoms with E-state index >= 15 is 0 Å². The predicted octanol–water partition coefficient (Wildman–Crippen LogP) is 3.17. The van der Waals surface area contributed by atoms with Crippen LogP contribution in [0.2, 0.25) is 0 Å². The molecule has 30 heavy (non-hydrogen) atoms. The lowest BCUT2D eigenvalue weighted by atomic mass is 9.97. The molecule has 7 heteroatoms. The highest BCUT2D eigenvalue weighted by molar-refractivity contribution is 7.18. The second-order valence-electron chi connectivity index (χ2n) is 8.19. The SMILES string of the molecule is CN(C)Cc1ccccc1CNC(=O)CCc1nc2sc3c(c2c(=O)[nH]1)CCCC3. The van der Waals surface area contributed by atoms with Gasteiger partial charge in [0.15, 0.2) is 0 Å². The number of fused-ring (bicyclic) bond motifs is 3. The molecule has 0 aliphatic heterocycles. The fourth-order valence-corrected chi connectivity index (χ4v) is 5.35. The van der Waals surface area contributed by atoms with Gasteiger partial charge >= 0.3 is 0 Å². The number of H-pyrrole nitrogens is 1. The first-order chi connectivity index (χ1) is 14.5. The van der Waals surface area contributed by atoms with Gasteiger partial charge in [0.1, 0.15) is 10.7 Å². The molecule has 0 spiro atoms. The Hall–Kier alpha value is -2.51. The van der Waals surface area contributed by atoms with Crippen molar-refractivity contribution >= 4 is 27.5 Å². The Bertz CT molecular complexity index is 1120. The number of hydrogen-bond donors (Lipinski definition) is 2. The van der Waals surface area contributed by atoms with E-state index in [4.69, 9.17) is 0 Å². The molecule has 0 unspecified atom stereocenters. The van der Waals surface area contributed by atoms with Crippen molar-refractivity contribution in [3.05, 3.63) is 62.0 Å². The second-order valence-corrected chi connectivity index (χ2v) is 9.27. The molecule has 4 rings (SSSR count). The summed E-state index contributed by atoms with van der Waals surface area (Å²) in [4.78, 5) is 36.8. The van der Waals surface area contributed by atoms with Gasteiger partial charge in [-0.3, -0.25) is 9.59 Å². The average molecular weight is 425 g/mol. The van der Waals surface area contributed by atoms with Crippen molar-refractivity contribution in [3.8, 4) is 0 Å². The smallest absolute Gasteiger partial charge is 0.259 e. The van der Waals surface area contributed by atoms with E-state index in [1.54, 1.807) is 11.3 Å². The maximum Gasteiger partial charge on any atom is 0.259 e. The van der Waals surface area contributed by atoms with E-state index in [1.807, 2.05) is 32.3 Å². The van der Waals surface area contributed by atoms with Crippen LogP contribution in [-0.2, 0) is 37.1 Å². The highest BCUT2D eigenvalue weighted by Crippen LogP contribution is 2.33. The van der Waals surface area contributed by atoms with E-state index < -0.39 is 0 Å². The molecule has 0 saturated heterocycles. The van der Waals surface area contributed by atoms with Gasteiger partial charge in [0, 0.05) is 30.8 Å². The van der Waals surface area contributed by atoms with Crippen molar-refractivity contribution in [1.29, 1.82) is 0 Å². The van der Waals surface area contributed by atoms with Crippen molar-refractivity contribution in [3.63, 3.8) is 0 Å². The molecule has 0 radical (unpaired) electrons. The van der Waals surface area contributed by atoms with Crippen LogP contribution in [0.1, 0.15) is 46.7 Å². The van der Waals surface area contributed by atoms with E-state index in [2.05, 4.69) is 26.3 Å². The van der Waals surface area contributed by atoms with E-state index in [-0.39, 0.29) is 11.5 Å². The minimum Gasteiger partial charge on any atom is -0.352 e. The van der Waals surface area contributed by atoms with E-state index in [9.17, 15) is 9.59 Å². The Morgan fingerprint density at radius 3 is 2.77 bits per heavy atom. The number of aromatic amines is 1. The lowest BCUT2D eigenvalue weighted by Gasteiger charge is -2.14. The summed E-state index contributed by atoms with van der Waals surface area (Å²) in [5.74, 6) is 0.553. The van der Waals surface area contributed by atoms with Crippen molar-refractivity contribution in [2.24, 2.45) is 0 Å². The zero-order valence-corrected chi connectivity index (χ0v) is 18.4. The van der Waals surface area contributed by atoms with Crippen molar-refractivity contribution in [2.45, 2.75) is 51.6 Å². The number of thiophene rings is 1. The fourth-order valence-electron chi connectivity index (χ4n) is 4.07. The molecule has 3 aromatic rings. The number of carbonyl (C=O) groups excluding carboxylic acids is 1. The van der Waals surface area contributed by atoms with Gasteiger partial charge in [0.05, 0.1) is 5.39 Å². The third-order valence-electron chi connectivity index (χ3n) is 5.54. The minimum absolute atomic E-state index is 0.0390. The molecule has 2 N–H and O–H groups in total. The van der Waals surface area contributed by atoms with E-state index in [0.717, 1.165) is 41.6 Å². The summed E-state index contributed by atoms with van der Waals surface area (Å²) in [5, 5.41) is 3.76. The Labute approximate surface area is 180 Å². The number of aromatic nitrogens is 2. The van der Waals surface area contributed by atoms with Crippen LogP contribution in [-0.4, -0.2) is 34.9 Å². The van der Waals surface area contributed by atoms with Crippen LogP contribution in [0.3, 0.4) is 0 Å². The summed E-state index contributed by atoms with van der Waals surface area (Å²) in [5.41, 5.74) is 3.46. The van der Waals surface area contributed by atoms with Crippen molar-refractivity contribution in [1.82, 2.24) is 20.2 Å². The number of carbonyl (C=O) groups is 1. The summed E-state index contributed by atoms with van der Waals surface area (Å²) in [6.45, 7) is 1.34. The number of nitrogens with zero attached hydrogens (tertiary/aromatic N) is 2. The maximum absolute atomic E-state index is 12.6. The summed E-state index contributed by atoms with van der Waals surface area (Å²) in [7, 11) is 4.06. The first-order valence-corrected chi connectivity index (χ1v) is 11.3. The molecule has 2 heterocycles. The van der Waals surface area contributed by atoms with Gasteiger partial charge in [0.2, 0.25) is 5.91 Å². The van der Waals surface area contributed by atoms with Crippen LogP contribution >= 0.6 is 11.3 Å². The van der Waals surface area contributed by atoms with Gasteiger partial charge in [-0.2, -0.15) is 0 Å². The highest BCUT2D eigenvalue weighted by Gasteiger charge is 2.19. The molecule has 158 valence electrons. The first kappa shape index (κ1) is 20.8. The second kappa shape index (κ2) is 9.10. The molecule has 1 aliphatic carbocycles. The largest absolute Gasteiger partial charge is 0.352 e. The molecule has 1 aromatic carbocycles. The molecule has 0 atom stereocenters. The number of benzene rings is 1. The zero-order valence-electron chi connectivity index (χ0n) is 17.6. The third kappa shape index (κ3) is 4.63. The number of nitrogens with one attached hydrogen (secondary N) is 2. The summed E-state index contributed by atoms with van der Waals surface area (Å²) < 4.78 is 0. The Kier molecular flexibility index (Phi) is 6.29. The van der Waals surface area contributed by atoms with Crippen LogP contribution in [0.4, 0.5) is 0 Å². The van der Waals surface area contributed by atoms with E-state index in [0.29, 0.717) is 25.2 Å². The molecular formula is C23H28N4O2S. The monoisotopic (exact) mass is 424 g/mol. The molecule has 0 saturated carbocycles. The third-order valence-corrected chi connectivity index (χ3v) is 6.73. The quantitative estimate of drug-likeness (QED) is 0.611. The fraction of sp³-hybridized carbons (Fsp3) is 0.435. The summed E-state index contributed by atoms with van der Waals surface area (Å²) >= 11 is 1.64. The van der Waals surface area contributed by atoms with Crippen LogP contribution in [0.15, 0.2) is 29.1 Å². The number of hydrogen-bond acceptors (Lipinski definition) is 5. The molecule has 6 nitrogen and oxygen atoms in total. The van der Waals surface area contributed by atoms with Gasteiger partial charge < -0.3 is 15.2 Å². The standard InChI is InChI=1S/C23H28N4O2S/c1-27(2)14-16-8-4-3-7-15(16)13-24-20(28)12-11-19-25-22(29)21-17-9-5-6-10-18(17)30-23(21)26-19/h3-4,7-8H,5-6,9-14H2,1-2H3,(H,24,28)(H,25,26,29). The Morgan fingerprint density at radius 1 is 1.20 bits per heavy atom. The molecule has 1 amide bonds. The average Bonchev–Trinajstić information content (AvgIpc) is 3.10. The number of amides is 1. The highest BCUT2D eigenvalue weighted by atomic mass is 32.1. The van der Waals surface area contributed by atoms with E-state index in [1.165, 1.54) is 22.4 Å². The van der Waals surface area contributed by atoms with Gasteiger partial charge in [-0.15, -0.1) is 11.3 Å². The van der Waals surface area contributed by atoms with Gasteiger partial charge in [-0.05, 0) is 56.5 Å². The van der Waals surface area contributed by atoms with Crippen LogP contribution < -0.4 is 10.9 Å². The van der Waals surface area contributed by atoms with Crippen LogP contribution in [0.25, 0.3) is 10.2 Å².